The highest BCUT2D eigenvalue weighted by Crippen LogP contribution is 2.36. The van der Waals surface area contributed by atoms with Crippen LogP contribution in [0.15, 0.2) is 59.8 Å². The fourth-order valence-electron chi connectivity index (χ4n) is 4.32. The molecule has 1 aliphatic heterocycles. The SMILES string of the molecule is O=S(=O)(c1ccc(Nc2nc(CO)nc3cc(-c4ncccc4C(F)(F)F)cnc23)cc1)N1CCCCC1. The van der Waals surface area contributed by atoms with Crippen LogP contribution in [0, 0.1) is 0 Å². The van der Waals surface area contributed by atoms with E-state index in [0.717, 1.165) is 25.3 Å². The molecule has 1 saturated heterocycles. The summed E-state index contributed by atoms with van der Waals surface area (Å²) in [6.45, 7) is 0.477. The smallest absolute Gasteiger partial charge is 0.388 e. The van der Waals surface area contributed by atoms with Crippen LogP contribution in [-0.4, -0.2) is 50.9 Å². The fourth-order valence-corrected chi connectivity index (χ4v) is 5.84. The molecule has 4 heterocycles. The molecule has 5 rings (SSSR count). The van der Waals surface area contributed by atoms with Crippen molar-refractivity contribution in [2.24, 2.45) is 0 Å². The van der Waals surface area contributed by atoms with Crippen molar-refractivity contribution in [3.63, 3.8) is 0 Å². The molecular weight excluding hydrogens is 521 g/mol. The Labute approximate surface area is 216 Å². The second kappa shape index (κ2) is 10.2. The third-order valence-corrected chi connectivity index (χ3v) is 8.09. The van der Waals surface area contributed by atoms with Crippen LogP contribution >= 0.6 is 0 Å². The van der Waals surface area contributed by atoms with Gasteiger partial charge in [-0.25, -0.2) is 23.4 Å². The summed E-state index contributed by atoms with van der Waals surface area (Å²) in [6.07, 6.45) is 0.579. The van der Waals surface area contributed by atoms with Gasteiger partial charge in [0, 0.05) is 36.7 Å². The van der Waals surface area contributed by atoms with Gasteiger partial charge in [-0.1, -0.05) is 6.42 Å². The Bertz CT molecular complexity index is 1570. The maximum atomic E-state index is 13.5. The third-order valence-electron chi connectivity index (χ3n) is 6.18. The molecule has 38 heavy (non-hydrogen) atoms. The Kier molecular flexibility index (Phi) is 6.99. The lowest BCUT2D eigenvalue weighted by molar-refractivity contribution is -0.137. The van der Waals surface area contributed by atoms with Crippen LogP contribution in [0.3, 0.4) is 0 Å². The summed E-state index contributed by atoms with van der Waals surface area (Å²) < 4.78 is 67.9. The summed E-state index contributed by atoms with van der Waals surface area (Å²) in [5, 5.41) is 12.7. The van der Waals surface area contributed by atoms with Gasteiger partial charge in [0.25, 0.3) is 0 Å². The van der Waals surface area contributed by atoms with Gasteiger partial charge in [0.05, 0.1) is 21.7 Å². The van der Waals surface area contributed by atoms with Gasteiger partial charge in [-0.3, -0.25) is 4.98 Å². The van der Waals surface area contributed by atoms with Crippen molar-refractivity contribution in [1.82, 2.24) is 24.2 Å². The van der Waals surface area contributed by atoms with E-state index < -0.39 is 28.4 Å². The molecule has 1 fully saturated rings. The zero-order chi connectivity index (χ0) is 26.9. The molecule has 0 aliphatic carbocycles. The summed E-state index contributed by atoms with van der Waals surface area (Å²) in [4.78, 5) is 16.8. The number of piperidine rings is 1. The summed E-state index contributed by atoms with van der Waals surface area (Å²) in [5.41, 5.74) is -0.144. The first-order chi connectivity index (χ1) is 18.2. The maximum absolute atomic E-state index is 13.5. The minimum Gasteiger partial charge on any atom is -0.388 e. The van der Waals surface area contributed by atoms with E-state index in [2.05, 4.69) is 25.3 Å². The number of hydrogen-bond donors (Lipinski definition) is 2. The second-order valence-corrected chi connectivity index (χ2v) is 10.7. The average Bonchev–Trinajstić information content (AvgIpc) is 2.93. The second-order valence-electron chi connectivity index (χ2n) is 8.75. The molecule has 0 spiro atoms. The van der Waals surface area contributed by atoms with Crippen LogP contribution in [0.2, 0.25) is 0 Å². The van der Waals surface area contributed by atoms with E-state index in [-0.39, 0.29) is 38.8 Å². The Morgan fingerprint density at radius 1 is 1.00 bits per heavy atom. The van der Waals surface area contributed by atoms with Gasteiger partial charge in [0.1, 0.15) is 12.1 Å². The van der Waals surface area contributed by atoms with Crippen molar-refractivity contribution >= 4 is 32.6 Å². The molecular formula is C25H23F3N6O3S. The van der Waals surface area contributed by atoms with Crippen LogP contribution in [-0.2, 0) is 22.8 Å². The van der Waals surface area contributed by atoms with Crippen LogP contribution in [0.25, 0.3) is 22.3 Å². The Morgan fingerprint density at radius 3 is 2.42 bits per heavy atom. The quantitative estimate of drug-likeness (QED) is 0.364. The van der Waals surface area contributed by atoms with Gasteiger partial charge in [0.2, 0.25) is 10.0 Å². The summed E-state index contributed by atoms with van der Waals surface area (Å²) in [7, 11) is -3.59. The number of aliphatic hydroxyl groups is 1. The molecule has 198 valence electrons. The molecule has 0 amide bonds. The monoisotopic (exact) mass is 544 g/mol. The molecule has 13 heteroatoms. The zero-order valence-corrected chi connectivity index (χ0v) is 20.8. The number of hydrogen-bond acceptors (Lipinski definition) is 8. The van der Waals surface area contributed by atoms with Crippen molar-refractivity contribution in [2.45, 2.75) is 36.9 Å². The maximum Gasteiger partial charge on any atom is 0.418 e. The van der Waals surface area contributed by atoms with Crippen molar-refractivity contribution in [3.8, 4) is 11.3 Å². The van der Waals surface area contributed by atoms with E-state index in [1.165, 1.54) is 41.0 Å². The minimum atomic E-state index is -4.61. The van der Waals surface area contributed by atoms with Gasteiger partial charge in [-0.15, -0.1) is 0 Å². The lowest BCUT2D eigenvalue weighted by atomic mass is 10.1. The molecule has 0 atom stereocenters. The Balaban J connectivity index is 1.48. The van der Waals surface area contributed by atoms with Crippen molar-refractivity contribution in [1.29, 1.82) is 0 Å². The number of aromatic nitrogens is 4. The fraction of sp³-hybridized carbons (Fsp3) is 0.280. The molecule has 0 radical (unpaired) electrons. The predicted octanol–water partition coefficient (Wildman–Crippen LogP) is 4.52. The number of anilines is 2. The highest BCUT2D eigenvalue weighted by Gasteiger charge is 2.34. The average molecular weight is 545 g/mol. The Morgan fingerprint density at radius 2 is 1.74 bits per heavy atom. The van der Waals surface area contributed by atoms with Gasteiger partial charge in [-0.2, -0.15) is 17.5 Å². The van der Waals surface area contributed by atoms with Gasteiger partial charge in [0.15, 0.2) is 11.6 Å². The predicted molar refractivity (Wildman–Crippen MR) is 134 cm³/mol. The van der Waals surface area contributed by atoms with E-state index in [4.69, 9.17) is 0 Å². The van der Waals surface area contributed by atoms with E-state index in [0.29, 0.717) is 18.8 Å². The van der Waals surface area contributed by atoms with E-state index >= 15 is 0 Å². The molecule has 0 unspecified atom stereocenters. The molecule has 1 aromatic carbocycles. The normalized spacial score (nSPS) is 15.1. The molecule has 0 bridgehead atoms. The largest absolute Gasteiger partial charge is 0.418 e. The number of nitrogens with zero attached hydrogens (tertiary/aromatic N) is 5. The van der Waals surface area contributed by atoms with Crippen LogP contribution in [0.1, 0.15) is 30.7 Å². The van der Waals surface area contributed by atoms with Gasteiger partial charge >= 0.3 is 6.18 Å². The molecule has 4 aromatic rings. The minimum absolute atomic E-state index is 0.0281. The van der Waals surface area contributed by atoms with Crippen molar-refractivity contribution < 1.29 is 26.7 Å². The molecule has 1 aliphatic rings. The zero-order valence-electron chi connectivity index (χ0n) is 20.0. The molecule has 3 aromatic heterocycles. The summed E-state index contributed by atoms with van der Waals surface area (Å²) in [6, 6.07) is 9.70. The van der Waals surface area contributed by atoms with Crippen LogP contribution < -0.4 is 5.32 Å². The first-order valence-electron chi connectivity index (χ1n) is 11.8. The lowest BCUT2D eigenvalue weighted by Crippen LogP contribution is -2.35. The lowest BCUT2D eigenvalue weighted by Gasteiger charge is -2.25. The number of aliphatic hydroxyl groups excluding tert-OH is 1. The molecule has 9 nitrogen and oxygen atoms in total. The topological polar surface area (TPSA) is 121 Å². The number of nitrogens with one attached hydrogen (secondary N) is 1. The van der Waals surface area contributed by atoms with Crippen molar-refractivity contribution in [3.05, 3.63) is 66.2 Å². The number of pyridine rings is 2. The Hall–Kier alpha value is -3.68. The highest BCUT2D eigenvalue weighted by molar-refractivity contribution is 7.89. The van der Waals surface area contributed by atoms with Crippen LogP contribution in [0.4, 0.5) is 24.7 Å². The first-order valence-corrected chi connectivity index (χ1v) is 13.3. The van der Waals surface area contributed by atoms with Crippen LogP contribution in [0.5, 0.6) is 0 Å². The van der Waals surface area contributed by atoms with Gasteiger partial charge < -0.3 is 10.4 Å². The van der Waals surface area contributed by atoms with E-state index in [1.54, 1.807) is 12.1 Å². The number of fused-ring (bicyclic) bond motifs is 1. The van der Waals surface area contributed by atoms with Crippen molar-refractivity contribution in [2.75, 3.05) is 18.4 Å². The third kappa shape index (κ3) is 5.17. The number of rotatable bonds is 6. The number of benzene rings is 1. The van der Waals surface area contributed by atoms with Gasteiger partial charge in [-0.05, 0) is 55.3 Å². The molecule has 0 saturated carbocycles. The number of halogens is 3. The first kappa shape index (κ1) is 25.9. The van der Waals surface area contributed by atoms with E-state index in [9.17, 15) is 26.7 Å². The summed E-state index contributed by atoms with van der Waals surface area (Å²) >= 11 is 0. The highest BCUT2D eigenvalue weighted by atomic mass is 32.2. The molecule has 2 N–H and O–H groups in total. The summed E-state index contributed by atoms with van der Waals surface area (Å²) in [5.74, 6) is 0.231. The van der Waals surface area contributed by atoms with E-state index in [1.807, 2.05) is 0 Å². The number of sulfonamides is 1. The standard InChI is InChI=1S/C25H23F3N6O3S/c26-25(27,28)19-5-4-10-29-22(19)16-13-20-23(30-14-16)24(33-21(15-35)32-20)31-17-6-8-18(9-7-17)38(36,37)34-11-2-1-3-12-34/h4-10,13-14,35H,1-3,11-12,15H2,(H,31,32,33). The number of alkyl halides is 3.